The third-order valence-corrected chi connectivity index (χ3v) is 13.2. The van der Waals surface area contributed by atoms with E-state index in [4.69, 9.17) is 14.2 Å². The molecule has 380 valence electrons. The van der Waals surface area contributed by atoms with Crippen molar-refractivity contribution in [1.82, 2.24) is 0 Å². The molecule has 0 N–H and O–H groups in total. The number of esters is 3. The summed E-state index contributed by atoms with van der Waals surface area (Å²) < 4.78 is 16.8. The van der Waals surface area contributed by atoms with Crippen LogP contribution >= 0.6 is 0 Å². The molecule has 0 aliphatic heterocycles. The fourth-order valence-corrected chi connectivity index (χ4v) is 8.87. The molecule has 0 aromatic rings. The molecule has 0 rings (SSSR count). The Morgan fingerprint density at radius 2 is 0.516 bits per heavy atom. The Labute approximate surface area is 399 Å². The van der Waals surface area contributed by atoms with Gasteiger partial charge in [0.15, 0.2) is 6.10 Å². The molecule has 0 fully saturated rings. The molecule has 0 unspecified atom stereocenters. The molecule has 0 aliphatic carbocycles. The Bertz CT molecular complexity index is 978. The highest BCUT2D eigenvalue weighted by Gasteiger charge is 2.19. The third-order valence-electron chi connectivity index (χ3n) is 13.2. The fourth-order valence-electron chi connectivity index (χ4n) is 8.87. The van der Waals surface area contributed by atoms with Crippen LogP contribution in [0.25, 0.3) is 0 Å². The van der Waals surface area contributed by atoms with Crippen LogP contribution in [-0.4, -0.2) is 37.2 Å². The molecule has 0 spiro atoms. The Balaban J connectivity index is 4.16. The van der Waals surface area contributed by atoms with Gasteiger partial charge in [-0.15, -0.1) is 0 Å². The summed E-state index contributed by atoms with van der Waals surface area (Å²) in [6, 6.07) is 0. The average Bonchev–Trinajstić information content (AvgIpc) is 3.27. The van der Waals surface area contributed by atoms with Gasteiger partial charge in [0.1, 0.15) is 13.2 Å². The van der Waals surface area contributed by atoms with E-state index < -0.39 is 6.10 Å². The van der Waals surface area contributed by atoms with Crippen molar-refractivity contribution in [3.63, 3.8) is 0 Å². The summed E-state index contributed by atoms with van der Waals surface area (Å²) in [7, 11) is 0. The quantitative estimate of drug-likeness (QED) is 0.0344. The normalized spacial score (nSPS) is 12.0. The molecule has 0 saturated heterocycles. The minimum Gasteiger partial charge on any atom is -0.462 e. The van der Waals surface area contributed by atoms with Crippen LogP contribution in [-0.2, 0) is 28.6 Å². The maximum absolute atomic E-state index is 12.8. The second-order valence-electron chi connectivity index (χ2n) is 20.9. The number of hydrogen-bond donors (Lipinski definition) is 0. The molecule has 0 radical (unpaired) electrons. The first kappa shape index (κ1) is 62.4. The number of carbonyl (C=O) groups excluding carboxylic acids is 3. The summed E-state index contributed by atoms with van der Waals surface area (Å²) in [5.74, 6) is 0.856. The van der Waals surface area contributed by atoms with E-state index in [0.29, 0.717) is 19.3 Å². The van der Waals surface area contributed by atoms with Gasteiger partial charge in [0.25, 0.3) is 0 Å². The Morgan fingerprint density at radius 1 is 0.297 bits per heavy atom. The fraction of sp³-hybridized carbons (Fsp3) is 0.948. The first-order valence-electron chi connectivity index (χ1n) is 28.7. The minimum atomic E-state index is -0.761. The molecule has 0 bridgehead atoms. The first-order chi connectivity index (χ1) is 31.2. The Hall–Kier alpha value is -1.59. The van der Waals surface area contributed by atoms with Gasteiger partial charge in [-0.3, -0.25) is 14.4 Å². The minimum absolute atomic E-state index is 0.0629. The van der Waals surface area contributed by atoms with Gasteiger partial charge >= 0.3 is 17.9 Å². The zero-order chi connectivity index (χ0) is 46.8. The maximum atomic E-state index is 12.8. The summed E-state index contributed by atoms with van der Waals surface area (Å²) >= 11 is 0. The monoisotopic (exact) mass is 905 g/mol. The first-order valence-corrected chi connectivity index (χ1v) is 28.7. The van der Waals surface area contributed by atoms with Crippen LogP contribution in [0.1, 0.15) is 324 Å². The van der Waals surface area contributed by atoms with Crippen molar-refractivity contribution in [1.29, 1.82) is 0 Å². The van der Waals surface area contributed by atoms with Crippen LogP contribution in [0.15, 0.2) is 0 Å². The lowest BCUT2D eigenvalue weighted by molar-refractivity contribution is -0.167. The van der Waals surface area contributed by atoms with E-state index in [1.807, 2.05) is 0 Å². The van der Waals surface area contributed by atoms with Crippen molar-refractivity contribution in [2.24, 2.45) is 11.8 Å². The van der Waals surface area contributed by atoms with E-state index in [2.05, 4.69) is 34.6 Å². The molecule has 0 aromatic heterocycles. The largest absolute Gasteiger partial charge is 0.462 e. The van der Waals surface area contributed by atoms with Crippen LogP contribution in [0.2, 0.25) is 0 Å². The van der Waals surface area contributed by atoms with Crippen LogP contribution in [0.3, 0.4) is 0 Å². The predicted molar refractivity (Wildman–Crippen MR) is 275 cm³/mol. The van der Waals surface area contributed by atoms with Crippen molar-refractivity contribution in [2.45, 2.75) is 330 Å². The SMILES string of the molecule is CCCCCCCCCCCC(=O)O[C@H](COC(=O)CCCCCCCCCCCCCCCCCCCCC(C)C)COC(=O)CCCCCCCCCCCCCCCC(C)C. The number of hydrogen-bond acceptors (Lipinski definition) is 6. The smallest absolute Gasteiger partial charge is 0.306 e. The van der Waals surface area contributed by atoms with E-state index in [9.17, 15) is 14.4 Å². The highest BCUT2D eigenvalue weighted by molar-refractivity contribution is 5.71. The summed E-state index contributed by atoms with van der Waals surface area (Å²) in [5.41, 5.74) is 0. The summed E-state index contributed by atoms with van der Waals surface area (Å²) in [5, 5.41) is 0. The Kier molecular flexibility index (Phi) is 49.6. The number of unbranched alkanes of at least 4 members (excludes halogenated alkanes) is 37. The summed E-state index contributed by atoms with van der Waals surface area (Å²) in [4.78, 5) is 38.0. The molecular formula is C58H112O6. The van der Waals surface area contributed by atoms with Gasteiger partial charge in [-0.05, 0) is 31.1 Å². The van der Waals surface area contributed by atoms with Crippen LogP contribution in [0.4, 0.5) is 0 Å². The van der Waals surface area contributed by atoms with Crippen molar-refractivity contribution >= 4 is 17.9 Å². The Morgan fingerprint density at radius 3 is 0.766 bits per heavy atom. The van der Waals surface area contributed by atoms with E-state index in [1.54, 1.807) is 0 Å². The lowest BCUT2D eigenvalue weighted by atomic mass is 10.0. The maximum Gasteiger partial charge on any atom is 0.306 e. The number of carbonyl (C=O) groups is 3. The topological polar surface area (TPSA) is 78.9 Å². The van der Waals surface area contributed by atoms with Crippen molar-refractivity contribution in [3.8, 4) is 0 Å². The zero-order valence-corrected chi connectivity index (χ0v) is 43.9. The molecular weight excluding hydrogens is 793 g/mol. The molecule has 6 nitrogen and oxygen atoms in total. The lowest BCUT2D eigenvalue weighted by Gasteiger charge is -2.18. The average molecular weight is 906 g/mol. The highest BCUT2D eigenvalue weighted by Crippen LogP contribution is 2.18. The van der Waals surface area contributed by atoms with Crippen LogP contribution in [0, 0.1) is 11.8 Å². The molecule has 0 heterocycles. The van der Waals surface area contributed by atoms with Gasteiger partial charge in [0.05, 0.1) is 0 Å². The second-order valence-corrected chi connectivity index (χ2v) is 20.9. The lowest BCUT2D eigenvalue weighted by Crippen LogP contribution is -2.30. The molecule has 0 saturated carbocycles. The van der Waals surface area contributed by atoms with Crippen molar-refractivity contribution < 1.29 is 28.6 Å². The summed E-state index contributed by atoms with van der Waals surface area (Å²) in [6.07, 6.45) is 53.9. The van der Waals surface area contributed by atoms with Gasteiger partial charge in [-0.2, -0.15) is 0 Å². The molecule has 64 heavy (non-hydrogen) atoms. The molecule has 0 amide bonds. The van der Waals surface area contributed by atoms with E-state index in [-0.39, 0.29) is 31.1 Å². The van der Waals surface area contributed by atoms with Crippen LogP contribution < -0.4 is 0 Å². The van der Waals surface area contributed by atoms with Crippen LogP contribution in [0.5, 0.6) is 0 Å². The van der Waals surface area contributed by atoms with Crippen molar-refractivity contribution in [2.75, 3.05) is 13.2 Å². The van der Waals surface area contributed by atoms with E-state index in [0.717, 1.165) is 69.6 Å². The molecule has 0 aromatic carbocycles. The van der Waals surface area contributed by atoms with E-state index >= 15 is 0 Å². The van der Waals surface area contributed by atoms with Gasteiger partial charge in [-0.25, -0.2) is 0 Å². The summed E-state index contributed by atoms with van der Waals surface area (Å²) in [6.45, 7) is 11.4. The van der Waals surface area contributed by atoms with Crippen molar-refractivity contribution in [3.05, 3.63) is 0 Å². The van der Waals surface area contributed by atoms with E-state index in [1.165, 1.54) is 212 Å². The zero-order valence-electron chi connectivity index (χ0n) is 43.9. The number of ether oxygens (including phenoxy) is 3. The van der Waals surface area contributed by atoms with Gasteiger partial charge in [-0.1, -0.05) is 285 Å². The predicted octanol–water partition coefficient (Wildman–Crippen LogP) is 18.9. The van der Waals surface area contributed by atoms with Gasteiger partial charge < -0.3 is 14.2 Å². The second kappa shape index (κ2) is 50.8. The highest BCUT2D eigenvalue weighted by atomic mass is 16.6. The molecule has 6 heteroatoms. The number of rotatable bonds is 52. The molecule has 0 aliphatic rings. The third kappa shape index (κ3) is 51.4. The van der Waals surface area contributed by atoms with Gasteiger partial charge in [0.2, 0.25) is 0 Å². The standard InChI is InChI=1S/C58H112O6/c1-6-7-8-9-10-26-35-40-45-50-58(61)64-55(52-63-57(60)49-44-39-34-30-25-21-17-19-23-28-32-37-42-47-54(4)5)51-62-56(59)48-43-38-33-29-24-20-16-14-12-11-13-15-18-22-27-31-36-41-46-53(2)3/h53-55H,6-52H2,1-5H3/t55-/m1/s1. The molecule has 1 atom stereocenters. The van der Waals surface area contributed by atoms with Gasteiger partial charge in [0, 0.05) is 19.3 Å².